The van der Waals surface area contributed by atoms with Crippen LogP contribution in [0.15, 0.2) is 52.4 Å². The predicted molar refractivity (Wildman–Crippen MR) is 155 cm³/mol. The van der Waals surface area contributed by atoms with Crippen LogP contribution in [-0.4, -0.2) is 78.1 Å². The summed E-state index contributed by atoms with van der Waals surface area (Å²) in [6.07, 6.45) is 0.798. The Hall–Kier alpha value is -3.73. The summed E-state index contributed by atoms with van der Waals surface area (Å²) in [5.41, 5.74) is 0.979. The fourth-order valence-electron chi connectivity index (χ4n) is 4.63. The Morgan fingerprint density at radius 2 is 1.80 bits per heavy atom. The molecule has 2 aromatic rings. The summed E-state index contributed by atoms with van der Waals surface area (Å²) in [5, 5.41) is 3.62. The molecule has 0 atom stereocenters. The molecule has 0 bridgehead atoms. The number of anilines is 1. The SMILES string of the molecule is COc1cccc(C2=NC3(CCN(C(=O)OC(C)(C)C)CC3)N=C2SCC(=O)Nc2ccc3c(c2)OCCO3)c1. The van der Waals surface area contributed by atoms with E-state index in [2.05, 4.69) is 5.32 Å². The normalized spacial score (nSPS) is 17.6. The molecule has 2 amide bonds. The van der Waals surface area contributed by atoms with Crippen LogP contribution in [0.5, 0.6) is 17.2 Å². The van der Waals surface area contributed by atoms with E-state index in [1.165, 1.54) is 11.8 Å². The molecule has 10 nitrogen and oxygen atoms in total. The number of hydrogen-bond donors (Lipinski definition) is 1. The van der Waals surface area contributed by atoms with E-state index >= 15 is 0 Å². The molecular formula is C29H34N4O6S. The first kappa shape index (κ1) is 27.8. The summed E-state index contributed by atoms with van der Waals surface area (Å²) in [6.45, 7) is 7.52. The van der Waals surface area contributed by atoms with E-state index in [9.17, 15) is 9.59 Å². The summed E-state index contributed by atoms with van der Waals surface area (Å²) in [7, 11) is 1.62. The van der Waals surface area contributed by atoms with Gasteiger partial charge in [0.05, 0.1) is 18.6 Å². The van der Waals surface area contributed by atoms with Gasteiger partial charge in [0.1, 0.15) is 29.6 Å². The summed E-state index contributed by atoms with van der Waals surface area (Å²) >= 11 is 1.34. The minimum absolute atomic E-state index is 0.149. The topological polar surface area (TPSA) is 111 Å². The Morgan fingerprint density at radius 1 is 1.05 bits per heavy atom. The number of carbonyl (C=O) groups excluding carboxylic acids is 2. The minimum atomic E-state index is -0.689. The average molecular weight is 567 g/mol. The molecule has 0 unspecified atom stereocenters. The van der Waals surface area contributed by atoms with Crippen LogP contribution < -0.4 is 19.5 Å². The first-order valence-electron chi connectivity index (χ1n) is 13.3. The molecule has 3 aliphatic heterocycles. The van der Waals surface area contributed by atoms with Crippen molar-refractivity contribution in [3.8, 4) is 17.2 Å². The molecule has 0 saturated carbocycles. The maximum absolute atomic E-state index is 12.9. The van der Waals surface area contributed by atoms with Crippen molar-refractivity contribution in [3.05, 3.63) is 48.0 Å². The number of likely N-dealkylation sites (tertiary alicyclic amines) is 1. The molecule has 1 fully saturated rings. The molecule has 0 radical (unpaired) electrons. The van der Waals surface area contributed by atoms with E-state index in [0.717, 1.165) is 11.3 Å². The van der Waals surface area contributed by atoms with Crippen LogP contribution in [0, 0.1) is 0 Å². The second-order valence-electron chi connectivity index (χ2n) is 10.8. The largest absolute Gasteiger partial charge is 0.497 e. The standard InChI is InChI=1S/C29H34N4O6S/c1-28(2,3)39-27(35)33-12-10-29(11-13-33)31-25(19-6-5-7-21(16-19)36-4)26(32-29)40-18-24(34)30-20-8-9-22-23(17-20)38-15-14-37-22/h5-9,16-17H,10-15,18H2,1-4H3,(H,30,34). The molecule has 0 aromatic heterocycles. The fourth-order valence-corrected chi connectivity index (χ4v) is 5.51. The van der Waals surface area contributed by atoms with Gasteiger partial charge in [0.25, 0.3) is 0 Å². The van der Waals surface area contributed by atoms with E-state index in [0.29, 0.717) is 67.1 Å². The lowest BCUT2D eigenvalue weighted by Gasteiger charge is -2.36. The smallest absolute Gasteiger partial charge is 0.410 e. The van der Waals surface area contributed by atoms with Gasteiger partial charge in [0, 0.05) is 43.2 Å². The van der Waals surface area contributed by atoms with Crippen LogP contribution in [0.4, 0.5) is 10.5 Å². The number of benzene rings is 2. The predicted octanol–water partition coefficient (Wildman–Crippen LogP) is 4.77. The molecule has 212 valence electrons. The van der Waals surface area contributed by atoms with Crippen molar-refractivity contribution in [1.29, 1.82) is 0 Å². The molecular weight excluding hydrogens is 532 g/mol. The number of hydrogen-bond acceptors (Lipinski definition) is 9. The van der Waals surface area contributed by atoms with Crippen LogP contribution in [0.1, 0.15) is 39.2 Å². The van der Waals surface area contributed by atoms with Crippen LogP contribution in [0.3, 0.4) is 0 Å². The molecule has 3 heterocycles. The number of amides is 2. The lowest BCUT2D eigenvalue weighted by Crippen LogP contribution is -2.46. The first-order chi connectivity index (χ1) is 19.1. The van der Waals surface area contributed by atoms with Crippen molar-refractivity contribution in [1.82, 2.24) is 4.90 Å². The Bertz CT molecular complexity index is 1340. The Kier molecular flexibility index (Phi) is 7.93. The van der Waals surface area contributed by atoms with Gasteiger partial charge < -0.3 is 29.2 Å². The number of nitrogens with zero attached hydrogens (tertiary/aromatic N) is 3. The Balaban J connectivity index is 1.30. The summed E-state index contributed by atoms with van der Waals surface area (Å²) in [6, 6.07) is 13.0. The number of fused-ring (bicyclic) bond motifs is 1. The van der Waals surface area contributed by atoms with Gasteiger partial charge in [0.15, 0.2) is 17.2 Å². The van der Waals surface area contributed by atoms with Gasteiger partial charge in [-0.05, 0) is 45.0 Å². The first-order valence-corrected chi connectivity index (χ1v) is 14.3. The summed E-state index contributed by atoms with van der Waals surface area (Å²) < 4.78 is 22.2. The van der Waals surface area contributed by atoms with Gasteiger partial charge in [0.2, 0.25) is 5.91 Å². The number of methoxy groups -OCH3 is 1. The van der Waals surface area contributed by atoms with Crippen LogP contribution in [0.25, 0.3) is 0 Å². The zero-order chi connectivity index (χ0) is 28.3. The van der Waals surface area contributed by atoms with E-state index in [-0.39, 0.29) is 17.8 Å². The van der Waals surface area contributed by atoms with E-state index in [1.54, 1.807) is 30.2 Å². The van der Waals surface area contributed by atoms with E-state index < -0.39 is 11.3 Å². The van der Waals surface area contributed by atoms with Crippen molar-refractivity contribution in [2.45, 2.75) is 44.9 Å². The van der Waals surface area contributed by atoms with Crippen molar-refractivity contribution in [3.63, 3.8) is 0 Å². The molecule has 2 aromatic carbocycles. The highest BCUT2D eigenvalue weighted by Gasteiger charge is 2.41. The Morgan fingerprint density at radius 3 is 2.52 bits per heavy atom. The maximum atomic E-state index is 12.9. The number of rotatable bonds is 5. The fraction of sp³-hybridized carbons (Fsp3) is 0.448. The Labute approximate surface area is 238 Å². The third-order valence-electron chi connectivity index (χ3n) is 6.56. The molecule has 0 aliphatic carbocycles. The van der Waals surface area contributed by atoms with E-state index in [4.69, 9.17) is 28.9 Å². The monoisotopic (exact) mass is 566 g/mol. The highest BCUT2D eigenvalue weighted by atomic mass is 32.2. The van der Waals surface area contributed by atoms with Crippen LogP contribution in [-0.2, 0) is 9.53 Å². The van der Waals surface area contributed by atoms with Gasteiger partial charge in [-0.15, -0.1) is 0 Å². The molecule has 1 spiro atoms. The molecule has 3 aliphatic rings. The van der Waals surface area contributed by atoms with Gasteiger partial charge in [-0.1, -0.05) is 23.9 Å². The highest BCUT2D eigenvalue weighted by molar-refractivity contribution is 8.16. The highest BCUT2D eigenvalue weighted by Crippen LogP contribution is 2.37. The third-order valence-corrected chi connectivity index (χ3v) is 7.52. The van der Waals surface area contributed by atoms with Crippen molar-refractivity contribution in [2.75, 3.05) is 44.5 Å². The lowest BCUT2D eigenvalue weighted by molar-refractivity contribution is -0.113. The number of aliphatic imine (C=N–C) groups is 2. The number of piperidine rings is 1. The van der Waals surface area contributed by atoms with Crippen LogP contribution in [0.2, 0.25) is 0 Å². The molecule has 11 heteroatoms. The van der Waals surface area contributed by atoms with Crippen molar-refractivity contribution in [2.24, 2.45) is 9.98 Å². The summed E-state index contributed by atoms with van der Waals surface area (Å²) in [5.74, 6) is 1.97. The maximum Gasteiger partial charge on any atom is 0.410 e. The second-order valence-corrected chi connectivity index (χ2v) is 11.7. The molecule has 1 N–H and O–H groups in total. The van der Waals surface area contributed by atoms with E-state index in [1.807, 2.05) is 45.0 Å². The number of thioether (sulfide) groups is 1. The van der Waals surface area contributed by atoms with Crippen LogP contribution >= 0.6 is 11.8 Å². The van der Waals surface area contributed by atoms with Crippen molar-refractivity contribution >= 4 is 40.2 Å². The molecule has 5 rings (SSSR count). The zero-order valence-electron chi connectivity index (χ0n) is 23.2. The van der Waals surface area contributed by atoms with Crippen molar-refractivity contribution < 1.29 is 28.5 Å². The van der Waals surface area contributed by atoms with Gasteiger partial charge >= 0.3 is 6.09 Å². The number of carbonyl (C=O) groups is 2. The average Bonchev–Trinajstić information content (AvgIpc) is 3.29. The van der Waals surface area contributed by atoms with Gasteiger partial charge in [-0.2, -0.15) is 0 Å². The molecule has 40 heavy (non-hydrogen) atoms. The number of ether oxygens (including phenoxy) is 4. The van der Waals surface area contributed by atoms with Gasteiger partial charge in [-0.3, -0.25) is 9.79 Å². The summed E-state index contributed by atoms with van der Waals surface area (Å²) in [4.78, 5) is 37.3. The second kappa shape index (κ2) is 11.4. The quantitative estimate of drug-likeness (QED) is 0.555. The lowest BCUT2D eigenvalue weighted by atomic mass is 9.99. The number of nitrogens with one attached hydrogen (secondary N) is 1. The van der Waals surface area contributed by atoms with Gasteiger partial charge in [-0.25, -0.2) is 9.79 Å². The zero-order valence-corrected chi connectivity index (χ0v) is 24.0. The third kappa shape index (κ3) is 6.52. The minimum Gasteiger partial charge on any atom is -0.497 e. The molecule has 1 saturated heterocycles.